The molecule has 2 amide bonds. The first-order valence-corrected chi connectivity index (χ1v) is 9.62. The molecule has 0 atom stereocenters. The van der Waals surface area contributed by atoms with Gasteiger partial charge in [-0.3, -0.25) is 9.59 Å². The van der Waals surface area contributed by atoms with E-state index in [4.69, 9.17) is 4.74 Å². The van der Waals surface area contributed by atoms with Crippen molar-refractivity contribution in [1.29, 1.82) is 0 Å². The van der Waals surface area contributed by atoms with Crippen LogP contribution in [-0.2, 0) is 16.1 Å². The number of rotatable bonds is 7. The predicted molar refractivity (Wildman–Crippen MR) is 105 cm³/mol. The second-order valence-corrected chi connectivity index (χ2v) is 7.52. The molecule has 0 bridgehead atoms. The highest BCUT2D eigenvalue weighted by atomic mass is 32.1. The number of benzene rings is 2. The summed E-state index contributed by atoms with van der Waals surface area (Å²) >= 11 is 1.55. The van der Waals surface area contributed by atoms with Gasteiger partial charge in [0.15, 0.2) is 0 Å². The Morgan fingerprint density at radius 3 is 2.70 bits per heavy atom. The zero-order chi connectivity index (χ0) is 18.6. The molecule has 0 radical (unpaired) electrons. The number of aromatic nitrogens is 1. The molecule has 1 heterocycles. The summed E-state index contributed by atoms with van der Waals surface area (Å²) in [5, 5.41) is 6.52. The molecule has 1 aromatic heterocycles. The molecule has 0 unspecified atom stereocenters. The van der Waals surface area contributed by atoms with Crippen molar-refractivity contribution in [3.05, 3.63) is 59.1 Å². The van der Waals surface area contributed by atoms with Crippen molar-refractivity contribution in [1.82, 2.24) is 10.3 Å². The van der Waals surface area contributed by atoms with Crippen molar-refractivity contribution in [2.24, 2.45) is 0 Å². The van der Waals surface area contributed by atoms with E-state index in [0.717, 1.165) is 28.1 Å². The maximum Gasteiger partial charge on any atom is 0.253 e. The molecule has 138 valence electrons. The Labute approximate surface area is 160 Å². The second kappa shape index (κ2) is 7.85. The average molecular weight is 381 g/mol. The van der Waals surface area contributed by atoms with Gasteiger partial charge in [0.05, 0.1) is 28.1 Å². The maximum absolute atomic E-state index is 12.3. The Kier molecular flexibility index (Phi) is 5.13. The molecular weight excluding hydrogens is 362 g/mol. The van der Waals surface area contributed by atoms with E-state index >= 15 is 0 Å². The topological polar surface area (TPSA) is 80.3 Å². The zero-order valence-electron chi connectivity index (χ0n) is 14.6. The minimum absolute atomic E-state index is 0.103. The van der Waals surface area contributed by atoms with Gasteiger partial charge < -0.3 is 15.4 Å². The first-order chi connectivity index (χ1) is 13.2. The van der Waals surface area contributed by atoms with Crippen molar-refractivity contribution in [2.75, 3.05) is 11.9 Å². The first kappa shape index (κ1) is 17.6. The number of amides is 2. The summed E-state index contributed by atoms with van der Waals surface area (Å²) in [6.45, 7) is 0.172. The van der Waals surface area contributed by atoms with Gasteiger partial charge in [0.2, 0.25) is 5.91 Å². The number of para-hydroxylation sites is 2. The summed E-state index contributed by atoms with van der Waals surface area (Å²) in [5.41, 5.74) is 1.88. The Morgan fingerprint density at radius 2 is 1.89 bits per heavy atom. The molecule has 27 heavy (non-hydrogen) atoms. The smallest absolute Gasteiger partial charge is 0.253 e. The van der Waals surface area contributed by atoms with Crippen LogP contribution in [0.15, 0.2) is 48.5 Å². The highest BCUT2D eigenvalue weighted by molar-refractivity contribution is 7.18. The van der Waals surface area contributed by atoms with Gasteiger partial charge >= 0.3 is 0 Å². The molecule has 2 aromatic carbocycles. The fourth-order valence-electron chi connectivity index (χ4n) is 2.68. The number of anilines is 1. The normalized spacial score (nSPS) is 13.5. The van der Waals surface area contributed by atoms with E-state index in [9.17, 15) is 9.59 Å². The Balaban J connectivity index is 1.32. The molecule has 0 saturated heterocycles. The van der Waals surface area contributed by atoms with Crippen LogP contribution in [0.3, 0.4) is 0 Å². The zero-order valence-corrected chi connectivity index (χ0v) is 15.4. The van der Waals surface area contributed by atoms with Crippen LogP contribution in [0.2, 0.25) is 0 Å². The molecule has 7 heteroatoms. The fourth-order valence-corrected chi connectivity index (χ4v) is 3.58. The first-order valence-electron chi connectivity index (χ1n) is 8.81. The summed E-state index contributed by atoms with van der Waals surface area (Å²) < 4.78 is 6.59. The fraction of sp³-hybridized carbons (Fsp3) is 0.250. The van der Waals surface area contributed by atoms with Crippen LogP contribution in [0.4, 0.5) is 5.69 Å². The molecule has 1 aliphatic carbocycles. The molecule has 4 rings (SSSR count). The van der Waals surface area contributed by atoms with Crippen molar-refractivity contribution in [3.8, 4) is 0 Å². The Bertz CT molecular complexity index is 948. The number of nitrogens with zero attached hydrogens (tertiary/aromatic N) is 1. The molecular formula is C20H19N3O3S. The third kappa shape index (κ3) is 4.50. The van der Waals surface area contributed by atoms with Crippen LogP contribution >= 0.6 is 11.3 Å². The molecule has 1 aliphatic rings. The number of hydrogen-bond acceptors (Lipinski definition) is 5. The summed E-state index contributed by atoms with van der Waals surface area (Å²) in [4.78, 5) is 29.0. The highest BCUT2D eigenvalue weighted by Crippen LogP contribution is 2.23. The van der Waals surface area contributed by atoms with Crippen LogP contribution in [0.25, 0.3) is 10.2 Å². The van der Waals surface area contributed by atoms with Crippen molar-refractivity contribution >= 4 is 39.1 Å². The van der Waals surface area contributed by atoms with E-state index in [1.165, 1.54) is 0 Å². The molecule has 0 aliphatic heterocycles. The predicted octanol–water partition coefficient (Wildman–Crippen LogP) is 3.34. The molecule has 0 spiro atoms. The lowest BCUT2D eigenvalue weighted by Crippen LogP contribution is -2.27. The molecule has 1 saturated carbocycles. The van der Waals surface area contributed by atoms with Crippen molar-refractivity contribution < 1.29 is 14.3 Å². The number of fused-ring (bicyclic) bond motifs is 1. The van der Waals surface area contributed by atoms with Gasteiger partial charge in [-0.2, -0.15) is 0 Å². The number of carbonyl (C=O) groups excluding carboxylic acids is 2. The maximum atomic E-state index is 12.3. The van der Waals surface area contributed by atoms with E-state index in [1.807, 2.05) is 24.3 Å². The lowest BCUT2D eigenvalue weighted by atomic mass is 10.1. The molecule has 3 aromatic rings. The Morgan fingerprint density at radius 1 is 1.11 bits per heavy atom. The lowest BCUT2D eigenvalue weighted by Gasteiger charge is -2.11. The van der Waals surface area contributed by atoms with Crippen LogP contribution in [-0.4, -0.2) is 29.4 Å². The van der Waals surface area contributed by atoms with Gasteiger partial charge in [0.1, 0.15) is 11.6 Å². The van der Waals surface area contributed by atoms with Crippen LogP contribution < -0.4 is 10.6 Å². The third-order valence-corrected chi connectivity index (χ3v) is 5.17. The summed E-state index contributed by atoms with van der Waals surface area (Å²) in [5.74, 6) is -0.466. The minimum atomic E-state index is -0.303. The monoisotopic (exact) mass is 381 g/mol. The molecule has 6 nitrogen and oxygen atoms in total. The highest BCUT2D eigenvalue weighted by Gasteiger charge is 2.25. The van der Waals surface area contributed by atoms with Crippen LogP contribution in [0.5, 0.6) is 0 Å². The van der Waals surface area contributed by atoms with E-state index in [2.05, 4.69) is 15.6 Å². The number of thiazole rings is 1. The second-order valence-electron chi connectivity index (χ2n) is 6.41. The summed E-state index contributed by atoms with van der Waals surface area (Å²) in [6.07, 6.45) is 2.03. The van der Waals surface area contributed by atoms with Gasteiger partial charge in [0, 0.05) is 6.04 Å². The number of hydrogen-bond donors (Lipinski definition) is 2. The van der Waals surface area contributed by atoms with Gasteiger partial charge in [-0.05, 0) is 37.1 Å². The van der Waals surface area contributed by atoms with Gasteiger partial charge in [-0.15, -0.1) is 11.3 Å². The number of carbonyl (C=O) groups is 2. The summed E-state index contributed by atoms with van der Waals surface area (Å²) in [6, 6.07) is 15.1. The number of ether oxygens (including phenoxy) is 1. The Hall–Kier alpha value is -2.77. The van der Waals surface area contributed by atoms with Crippen LogP contribution in [0.1, 0.15) is 28.2 Å². The van der Waals surface area contributed by atoms with Crippen molar-refractivity contribution in [3.63, 3.8) is 0 Å². The van der Waals surface area contributed by atoms with Gasteiger partial charge in [-0.25, -0.2) is 4.98 Å². The van der Waals surface area contributed by atoms with Crippen LogP contribution in [0, 0.1) is 0 Å². The average Bonchev–Trinajstić information content (AvgIpc) is 3.38. The summed E-state index contributed by atoms with van der Waals surface area (Å²) in [7, 11) is 0. The van der Waals surface area contributed by atoms with E-state index in [1.54, 1.807) is 35.6 Å². The van der Waals surface area contributed by atoms with E-state index < -0.39 is 0 Å². The molecule has 1 fully saturated rings. The van der Waals surface area contributed by atoms with E-state index in [0.29, 0.717) is 11.3 Å². The van der Waals surface area contributed by atoms with Crippen molar-refractivity contribution in [2.45, 2.75) is 25.5 Å². The van der Waals surface area contributed by atoms with E-state index in [-0.39, 0.29) is 31.1 Å². The standard InChI is InChI=1S/C20H19N3O3S/c24-18(11-26-12-19-23-16-7-3-4-8-17(16)27-19)22-15-6-2-1-5-14(15)20(25)21-13-9-10-13/h1-8,13H,9-12H2,(H,21,25)(H,22,24). The lowest BCUT2D eigenvalue weighted by molar-refractivity contribution is -0.121. The largest absolute Gasteiger partial charge is 0.364 e. The quantitative estimate of drug-likeness (QED) is 0.658. The molecule has 2 N–H and O–H groups in total. The minimum Gasteiger partial charge on any atom is -0.364 e. The third-order valence-electron chi connectivity index (χ3n) is 4.16. The van der Waals surface area contributed by atoms with Gasteiger partial charge in [0.25, 0.3) is 5.91 Å². The SMILES string of the molecule is O=C(COCc1nc2ccccc2s1)Nc1ccccc1C(=O)NC1CC1. The number of nitrogens with one attached hydrogen (secondary N) is 2. The van der Waals surface area contributed by atoms with Gasteiger partial charge in [-0.1, -0.05) is 24.3 Å².